The number of nitrogens with zero attached hydrogens (tertiary/aromatic N) is 2. The van der Waals surface area contributed by atoms with Crippen molar-refractivity contribution in [1.29, 1.82) is 0 Å². The van der Waals surface area contributed by atoms with Gasteiger partial charge in [-0.3, -0.25) is 0 Å². The highest BCUT2D eigenvalue weighted by atomic mass is 15.1. The van der Waals surface area contributed by atoms with Crippen LogP contribution >= 0.6 is 0 Å². The van der Waals surface area contributed by atoms with Crippen molar-refractivity contribution in [2.75, 3.05) is 4.90 Å². The summed E-state index contributed by atoms with van der Waals surface area (Å²) in [4.78, 5) is 2.44. The molecule has 0 bridgehead atoms. The number of aryl methyl sites for hydroxylation is 2. The quantitative estimate of drug-likeness (QED) is 0.155. The summed E-state index contributed by atoms with van der Waals surface area (Å²) in [5.74, 6) is 0. The van der Waals surface area contributed by atoms with E-state index in [1.54, 1.807) is 0 Å². The van der Waals surface area contributed by atoms with Crippen molar-refractivity contribution in [3.63, 3.8) is 0 Å². The molecule has 0 saturated heterocycles. The third kappa shape index (κ3) is 6.47. The maximum atomic E-state index is 2.44. The van der Waals surface area contributed by atoms with Gasteiger partial charge in [0, 0.05) is 44.2 Å². The van der Waals surface area contributed by atoms with E-state index >= 15 is 0 Å². The summed E-state index contributed by atoms with van der Waals surface area (Å²) < 4.78 is 2.43. The number of hydrogen-bond acceptors (Lipinski definition) is 1. The monoisotopic (exact) mass is 898 g/mol. The van der Waals surface area contributed by atoms with Crippen LogP contribution in [0.2, 0.25) is 0 Å². The number of hydrogen-bond donors (Lipinski definition) is 0. The molecule has 0 radical (unpaired) electrons. The topological polar surface area (TPSA) is 8.17 Å². The third-order valence-electron chi connectivity index (χ3n) is 15.7. The Hall–Kier alpha value is -8.20. The fraction of sp³-hybridized carbons (Fsp3) is 0.118. The first-order chi connectivity index (χ1) is 34.0. The SMILES string of the molecule is Cc1ccc2c(c1)C(C)(C)c1cc(-c3ccc4c(c3)c3cc(C)ccc3n4-c3ccc(-c4ccc(N(c5ccc6c(c5)C(C)(C)c5ccccc5-6)c5ccccc5-c5ccccc5)cc4)cc3)ccc1-2. The van der Waals surface area contributed by atoms with Crippen LogP contribution in [0.15, 0.2) is 218 Å². The average molecular weight is 899 g/mol. The van der Waals surface area contributed by atoms with Crippen molar-refractivity contribution >= 4 is 38.9 Å². The van der Waals surface area contributed by atoms with Crippen molar-refractivity contribution < 1.29 is 0 Å². The highest BCUT2D eigenvalue weighted by Gasteiger charge is 2.37. The van der Waals surface area contributed by atoms with Gasteiger partial charge in [0.1, 0.15) is 0 Å². The maximum absolute atomic E-state index is 2.44. The second-order valence-electron chi connectivity index (χ2n) is 20.7. The molecule has 0 saturated carbocycles. The van der Waals surface area contributed by atoms with E-state index in [2.05, 4.69) is 269 Å². The molecule has 0 aliphatic heterocycles. The van der Waals surface area contributed by atoms with Crippen LogP contribution in [0.3, 0.4) is 0 Å². The average Bonchev–Trinajstić information content (AvgIpc) is 3.92. The predicted molar refractivity (Wildman–Crippen MR) is 296 cm³/mol. The van der Waals surface area contributed by atoms with Crippen LogP contribution in [-0.2, 0) is 10.8 Å². The third-order valence-corrected chi connectivity index (χ3v) is 15.7. The lowest BCUT2D eigenvalue weighted by Crippen LogP contribution is -2.16. The molecular weight excluding hydrogens is 845 g/mol. The lowest BCUT2D eigenvalue weighted by molar-refractivity contribution is 0.660. The fourth-order valence-electron chi connectivity index (χ4n) is 12.0. The van der Waals surface area contributed by atoms with Crippen LogP contribution in [0.25, 0.3) is 83.1 Å². The summed E-state index contributed by atoms with van der Waals surface area (Å²) in [5.41, 5.74) is 27.5. The van der Waals surface area contributed by atoms with Gasteiger partial charge in [0.25, 0.3) is 0 Å². The molecule has 2 nitrogen and oxygen atoms in total. The number of rotatable bonds is 7. The zero-order valence-electron chi connectivity index (χ0n) is 40.7. The van der Waals surface area contributed by atoms with Crippen LogP contribution in [-0.4, -0.2) is 4.57 Å². The normalized spacial score (nSPS) is 13.8. The van der Waals surface area contributed by atoms with Crippen LogP contribution < -0.4 is 4.90 Å². The van der Waals surface area contributed by atoms with E-state index in [4.69, 9.17) is 0 Å². The van der Waals surface area contributed by atoms with Crippen LogP contribution in [0.1, 0.15) is 61.1 Å². The molecule has 0 unspecified atom stereocenters. The highest BCUT2D eigenvalue weighted by molar-refractivity contribution is 6.11. The second kappa shape index (κ2) is 15.7. The summed E-state index contributed by atoms with van der Waals surface area (Å²) >= 11 is 0. The molecule has 336 valence electrons. The minimum atomic E-state index is -0.114. The molecule has 0 fully saturated rings. The van der Waals surface area contributed by atoms with Gasteiger partial charge in [-0.15, -0.1) is 0 Å². The summed E-state index contributed by atoms with van der Waals surface area (Å²) in [6.45, 7) is 13.9. The molecule has 2 heteroatoms. The van der Waals surface area contributed by atoms with E-state index in [1.165, 1.54) is 111 Å². The summed E-state index contributed by atoms with van der Waals surface area (Å²) in [6.07, 6.45) is 0. The molecule has 0 amide bonds. The van der Waals surface area contributed by atoms with Crippen molar-refractivity contribution in [3.8, 4) is 61.3 Å². The number of fused-ring (bicyclic) bond motifs is 9. The van der Waals surface area contributed by atoms with E-state index in [1.807, 2.05) is 0 Å². The van der Waals surface area contributed by atoms with Crippen molar-refractivity contribution in [2.45, 2.75) is 52.4 Å². The number of aromatic nitrogens is 1. The van der Waals surface area contributed by atoms with E-state index in [0.717, 1.165) is 22.7 Å². The number of anilines is 3. The van der Waals surface area contributed by atoms with Gasteiger partial charge >= 0.3 is 0 Å². The Balaban J connectivity index is 0.858. The molecular formula is C68H54N2. The first-order valence-corrected chi connectivity index (χ1v) is 24.7. The second-order valence-corrected chi connectivity index (χ2v) is 20.7. The molecule has 2 aliphatic carbocycles. The van der Waals surface area contributed by atoms with Gasteiger partial charge in [-0.25, -0.2) is 0 Å². The smallest absolute Gasteiger partial charge is 0.0541 e. The lowest BCUT2D eigenvalue weighted by atomic mass is 9.81. The summed E-state index contributed by atoms with van der Waals surface area (Å²) in [6, 6.07) is 81.7. The zero-order valence-corrected chi connectivity index (χ0v) is 40.7. The van der Waals surface area contributed by atoms with Gasteiger partial charge in [-0.1, -0.05) is 184 Å². The molecule has 1 aromatic heterocycles. The Morgan fingerprint density at radius 1 is 0.329 bits per heavy atom. The molecule has 1 heterocycles. The van der Waals surface area contributed by atoms with Gasteiger partial charge in [-0.2, -0.15) is 0 Å². The molecule has 70 heavy (non-hydrogen) atoms. The van der Waals surface area contributed by atoms with Gasteiger partial charge in [0.2, 0.25) is 0 Å². The van der Waals surface area contributed by atoms with Gasteiger partial charge in [0.05, 0.1) is 16.7 Å². The van der Waals surface area contributed by atoms with Crippen molar-refractivity contribution in [1.82, 2.24) is 4.57 Å². The molecule has 11 aromatic rings. The maximum Gasteiger partial charge on any atom is 0.0541 e. The van der Waals surface area contributed by atoms with E-state index in [9.17, 15) is 0 Å². The van der Waals surface area contributed by atoms with E-state index < -0.39 is 0 Å². The van der Waals surface area contributed by atoms with Crippen LogP contribution in [0.4, 0.5) is 17.1 Å². The van der Waals surface area contributed by atoms with E-state index in [0.29, 0.717) is 0 Å². The van der Waals surface area contributed by atoms with Gasteiger partial charge < -0.3 is 9.47 Å². The molecule has 2 aliphatic rings. The molecule has 10 aromatic carbocycles. The predicted octanol–water partition coefficient (Wildman–Crippen LogP) is 18.5. The largest absolute Gasteiger partial charge is 0.310 e. The summed E-state index contributed by atoms with van der Waals surface area (Å²) in [7, 11) is 0. The van der Waals surface area contributed by atoms with Gasteiger partial charge in [0.15, 0.2) is 0 Å². The first-order valence-electron chi connectivity index (χ1n) is 24.7. The van der Waals surface area contributed by atoms with Crippen LogP contribution in [0.5, 0.6) is 0 Å². The Kier molecular flexibility index (Phi) is 9.39. The van der Waals surface area contributed by atoms with Gasteiger partial charge in [-0.05, 0) is 159 Å². The van der Waals surface area contributed by atoms with Crippen LogP contribution in [0, 0.1) is 13.8 Å². The highest BCUT2D eigenvalue weighted by Crippen LogP contribution is 2.52. The molecule has 13 rings (SSSR count). The fourth-order valence-corrected chi connectivity index (χ4v) is 12.0. The Labute approximate surface area is 411 Å². The Morgan fingerprint density at radius 3 is 1.57 bits per heavy atom. The molecule has 0 N–H and O–H groups in total. The number of para-hydroxylation sites is 1. The Bertz CT molecular complexity index is 3880. The number of benzene rings is 10. The van der Waals surface area contributed by atoms with Crippen molar-refractivity contribution in [3.05, 3.63) is 252 Å². The Morgan fingerprint density at radius 2 is 0.814 bits per heavy atom. The first kappa shape index (κ1) is 41.9. The lowest BCUT2D eigenvalue weighted by Gasteiger charge is -2.30. The minimum Gasteiger partial charge on any atom is -0.310 e. The summed E-state index contributed by atoms with van der Waals surface area (Å²) in [5, 5.41) is 2.54. The minimum absolute atomic E-state index is 0.0542. The van der Waals surface area contributed by atoms with E-state index in [-0.39, 0.29) is 10.8 Å². The standard InChI is InChI=1S/C68H54N2/c1-43-21-36-65-58(38-43)59-40-48(49-26-34-56-55-33-20-44(2)39-61(55)68(5,6)62(56)41-49)27-37-66(59)70(65)51-30-24-46(25-31-51)45-22-28-50(29-23-45)69(64-19-13-11-16-53(64)47-14-8-7-9-15-47)52-32-35-57-54-17-10-12-18-60(54)67(3,4)63(57)42-52/h7-42H,1-6H3. The van der Waals surface area contributed by atoms with Crippen molar-refractivity contribution in [2.24, 2.45) is 0 Å². The zero-order chi connectivity index (χ0) is 47.5. The molecule has 0 spiro atoms. The molecule has 0 atom stereocenters.